The minimum absolute atomic E-state index is 0.00587. The number of carbonyl (C=O) groups is 12. The van der Waals surface area contributed by atoms with E-state index in [1.807, 2.05) is 0 Å². The lowest BCUT2D eigenvalue weighted by Crippen LogP contribution is -2.60. The van der Waals surface area contributed by atoms with Gasteiger partial charge in [-0.05, 0) is 81.9 Å². The molecule has 1 aliphatic heterocycles. The van der Waals surface area contributed by atoms with Crippen molar-refractivity contribution in [3.8, 4) is 5.75 Å². The molecule has 1 saturated carbocycles. The molecule has 2 aromatic rings. The predicted molar refractivity (Wildman–Crippen MR) is 369 cm³/mol. The average Bonchev–Trinajstić information content (AvgIpc) is 0.887. The minimum atomic E-state index is -1.99. The van der Waals surface area contributed by atoms with E-state index in [4.69, 9.17) is 51.6 Å². The fourth-order valence-corrected chi connectivity index (χ4v) is 13.6. The van der Waals surface area contributed by atoms with Gasteiger partial charge in [-0.15, -0.1) is 0 Å². The van der Waals surface area contributed by atoms with Crippen molar-refractivity contribution in [2.24, 2.45) is 71.6 Å². The molecule has 0 bridgehead atoms. The van der Waals surface area contributed by atoms with Gasteiger partial charge in [0, 0.05) is 56.7 Å². The van der Waals surface area contributed by atoms with Crippen LogP contribution in [0.25, 0.3) is 0 Å². The lowest BCUT2D eigenvalue weighted by Gasteiger charge is -2.40. The number of aromatic hydroxyl groups is 1. The van der Waals surface area contributed by atoms with E-state index in [2.05, 4.69) is 83.1 Å². The van der Waals surface area contributed by atoms with Crippen LogP contribution in [0.15, 0.2) is 56.8 Å². The minimum Gasteiger partial charge on any atom is -0.508 e. The Morgan fingerprint density at radius 1 is 0.640 bits per heavy atom. The number of carbonyl (C=O) groups excluding carboxylic acids is 10. The van der Waals surface area contributed by atoms with Crippen LogP contribution in [-0.4, -0.2) is 224 Å². The maximum atomic E-state index is 14.8. The Hall–Kier alpha value is -10.2. The number of phenols is 1. The molecule has 2 heterocycles. The number of rotatable bonds is 21. The van der Waals surface area contributed by atoms with Crippen LogP contribution in [0.3, 0.4) is 0 Å². The first-order chi connectivity index (χ1) is 47.4. The number of aromatic amines is 1. The summed E-state index contributed by atoms with van der Waals surface area (Å²) in [6, 6.07) is -8.61. The summed E-state index contributed by atoms with van der Waals surface area (Å²) in [4.78, 5) is 188. The summed E-state index contributed by atoms with van der Waals surface area (Å²) in [5, 5.41) is 55.0. The average molecular weight is 1440 g/mol. The van der Waals surface area contributed by atoms with E-state index in [9.17, 15) is 72.9 Å². The molecular weight excluding hydrogens is 1350 g/mol. The van der Waals surface area contributed by atoms with Gasteiger partial charge in [0.2, 0.25) is 59.1 Å². The summed E-state index contributed by atoms with van der Waals surface area (Å²) < 4.78 is -1.03. The number of hydrogen-bond acceptors (Lipinski definition) is 23. The number of amides is 10. The number of imidazole rings is 1. The molecule has 1 aromatic carbocycles. The van der Waals surface area contributed by atoms with Gasteiger partial charge in [0.15, 0.2) is 23.8 Å². The summed E-state index contributed by atoms with van der Waals surface area (Å²) in [6.07, 6.45) is 3.35. The largest absolute Gasteiger partial charge is 0.508 e. The van der Waals surface area contributed by atoms with Gasteiger partial charge in [-0.2, -0.15) is 0 Å². The van der Waals surface area contributed by atoms with E-state index >= 15 is 0 Å². The SMILES string of the molecule is NC(N)=NCCC[C@H](NC(=O)[C@@H]1CSSC2(CCCCC2)C(N)C(=O)NC(N)=NCCC[C@H](N)C(=O)NCC(=O)N[C@H](Cc2cnc[nH]2)C(=O)N[C@@H](CCCN=C(N)N)C(=O)NCC(=O)N[C@@H](CC(=O)O)C(=O)N[C@@H](Cc2ccc(O)cc2)C(=O)N[C@@H](CCCN=C(N)N)C(=O)N1)C(=O)O. The van der Waals surface area contributed by atoms with E-state index in [0.29, 0.717) is 36.9 Å². The van der Waals surface area contributed by atoms with E-state index in [1.54, 1.807) is 0 Å². The monoisotopic (exact) mass is 1440 g/mol. The van der Waals surface area contributed by atoms with Crippen molar-refractivity contribution in [1.82, 2.24) is 63.1 Å². The normalized spacial score (nSPS) is 23.0. The molecule has 10 amide bonds. The zero-order chi connectivity index (χ0) is 73.9. The zero-order valence-electron chi connectivity index (χ0n) is 54.9. The summed E-state index contributed by atoms with van der Waals surface area (Å²) in [5.74, 6) is -14.6. The predicted octanol–water partition coefficient (Wildman–Crippen LogP) is -7.79. The summed E-state index contributed by atoms with van der Waals surface area (Å²) in [5.41, 5.74) is 52.8. The smallest absolute Gasteiger partial charge is 0.326 e. The third-order valence-corrected chi connectivity index (χ3v) is 18.8. The van der Waals surface area contributed by atoms with E-state index in [0.717, 1.165) is 28.0 Å². The Morgan fingerprint density at radius 3 is 1.73 bits per heavy atom. The molecule has 40 nitrogen and oxygen atoms in total. The molecule has 552 valence electrons. The molecule has 1 aliphatic carbocycles. The van der Waals surface area contributed by atoms with Crippen LogP contribution in [0.2, 0.25) is 0 Å². The highest BCUT2D eigenvalue weighted by molar-refractivity contribution is 8.77. The fraction of sp³-hybridized carbons (Fsp3) is 0.569. The van der Waals surface area contributed by atoms with Gasteiger partial charge in [-0.25, -0.2) is 9.78 Å². The van der Waals surface area contributed by atoms with E-state index in [1.165, 1.54) is 36.8 Å². The number of carboxylic acid groups (broad SMARTS) is 2. The number of benzene rings is 1. The van der Waals surface area contributed by atoms with Crippen LogP contribution in [0.5, 0.6) is 5.75 Å². The lowest BCUT2D eigenvalue weighted by atomic mass is 9.83. The van der Waals surface area contributed by atoms with Gasteiger partial charge in [-0.3, -0.25) is 78.0 Å². The molecule has 0 radical (unpaired) electrons. The Bertz CT molecular complexity index is 3230. The quantitative estimate of drug-likeness (QED) is 0.0239. The second kappa shape index (κ2) is 42.6. The second-order valence-electron chi connectivity index (χ2n) is 23.4. The topological polar surface area (TPSA) is 698 Å². The molecule has 1 aromatic heterocycles. The van der Waals surface area contributed by atoms with Gasteiger partial charge < -0.3 is 120 Å². The zero-order valence-corrected chi connectivity index (χ0v) is 56.5. The number of aliphatic imine (C=N–C) groups is 4. The molecule has 0 saturated heterocycles. The number of aliphatic carboxylic acids is 2. The highest BCUT2D eigenvalue weighted by Gasteiger charge is 2.44. The molecule has 100 heavy (non-hydrogen) atoms. The molecule has 32 N–H and O–H groups in total. The standard InChI is InChI=1S/C58H93N25O15S2/c59-33-8-4-21-72-57(67)83-52(96)44(60)58(16-2-1-3-17-58)100-99-28-40(51(95)80-36(53(97)98)11-7-20-71-56(65)66)82-47(91)35(10-6-19-70-55(63)64)79-48(92)37(22-30-12-14-32(84)15-13-30)81-50(94)39(24-43(87)88)77-42(86)27-74-46(90)34(9-5-18-69-54(61)62)78-49(93)38(23-31-25-68-29-75-31)76-41(85)26-73-45(33)89/h12-15,25,29,33-40,44,84H,1-11,16-24,26-28,59-60H2,(H,68,75)(H,73,89)(H,74,90)(H,76,85)(H,77,86)(H,78,93)(H,79,92)(H,80,95)(H,81,94)(H,82,91)(H,87,88)(H,97,98)(H4,61,62,69)(H4,63,64,70)(H4,65,66,71)(H3,67,72,83,96)/t33-,34-,35-,36-,37-,38+,39-,40-,44?/m0/s1. The van der Waals surface area contributed by atoms with Crippen LogP contribution in [0.4, 0.5) is 0 Å². The lowest BCUT2D eigenvalue weighted by molar-refractivity contribution is -0.142. The van der Waals surface area contributed by atoms with Crippen molar-refractivity contribution in [2.75, 3.05) is 45.0 Å². The summed E-state index contributed by atoms with van der Waals surface area (Å²) >= 11 is 0. The van der Waals surface area contributed by atoms with Crippen molar-refractivity contribution in [3.05, 3.63) is 48.0 Å². The van der Waals surface area contributed by atoms with Crippen molar-refractivity contribution in [3.63, 3.8) is 0 Å². The summed E-state index contributed by atoms with van der Waals surface area (Å²) in [6.45, 7) is -1.82. The number of nitrogens with zero attached hydrogens (tertiary/aromatic N) is 5. The van der Waals surface area contributed by atoms with Crippen LogP contribution in [-0.2, 0) is 70.4 Å². The van der Waals surface area contributed by atoms with Crippen LogP contribution in [0, 0.1) is 0 Å². The van der Waals surface area contributed by atoms with Gasteiger partial charge >= 0.3 is 11.9 Å². The van der Waals surface area contributed by atoms with Crippen molar-refractivity contribution in [2.45, 2.75) is 162 Å². The molecular formula is C58H93N25O15S2. The molecule has 42 heteroatoms. The summed E-state index contributed by atoms with van der Waals surface area (Å²) in [7, 11) is 2.16. The molecule has 2 aliphatic rings. The Morgan fingerprint density at radius 2 is 1.17 bits per heavy atom. The maximum absolute atomic E-state index is 14.8. The third-order valence-electron chi connectivity index (χ3n) is 15.4. The first-order valence-electron chi connectivity index (χ1n) is 31.9. The number of guanidine groups is 4. The number of aromatic nitrogens is 2. The van der Waals surface area contributed by atoms with Crippen LogP contribution >= 0.6 is 21.6 Å². The fourth-order valence-electron chi connectivity index (χ4n) is 10.2. The second-order valence-corrected chi connectivity index (χ2v) is 26.1. The van der Waals surface area contributed by atoms with Crippen molar-refractivity contribution >= 4 is 116 Å². The van der Waals surface area contributed by atoms with E-state index < -0.39 is 156 Å². The number of nitrogens with one attached hydrogen (secondary N) is 11. The van der Waals surface area contributed by atoms with Crippen LogP contribution in [0.1, 0.15) is 101 Å². The number of phenolic OH excluding ortho intramolecular Hbond substituents is 1. The number of hydrogen-bond donors (Lipinski definition) is 23. The van der Waals surface area contributed by atoms with Gasteiger partial charge in [-0.1, -0.05) is 53.0 Å². The number of H-pyrrole nitrogens is 1. The van der Waals surface area contributed by atoms with Gasteiger partial charge in [0.25, 0.3) is 0 Å². The highest BCUT2D eigenvalue weighted by Crippen LogP contribution is 2.48. The first kappa shape index (κ1) is 82.2. The molecule has 4 rings (SSSR count). The highest BCUT2D eigenvalue weighted by atomic mass is 33.1. The van der Waals surface area contributed by atoms with Crippen LogP contribution < -0.4 is 105 Å². The molecule has 1 spiro atoms. The van der Waals surface area contributed by atoms with Crippen molar-refractivity contribution < 1.29 is 72.9 Å². The third kappa shape index (κ3) is 30.3. The maximum Gasteiger partial charge on any atom is 0.326 e. The Kier molecular flexibility index (Phi) is 35.0. The molecule has 1 unspecified atom stereocenters. The molecule has 1 fully saturated rings. The van der Waals surface area contributed by atoms with Crippen molar-refractivity contribution in [1.29, 1.82) is 0 Å². The number of nitrogens with two attached hydrogens (primary N) is 9. The first-order valence-corrected chi connectivity index (χ1v) is 34.2. The van der Waals surface area contributed by atoms with Gasteiger partial charge in [0.05, 0.1) is 36.6 Å². The number of carboxylic acids is 2. The Balaban J connectivity index is 1.80. The Labute approximate surface area is 582 Å². The molecule has 9 atom stereocenters. The van der Waals surface area contributed by atoms with E-state index in [-0.39, 0.29) is 119 Å². The van der Waals surface area contributed by atoms with Gasteiger partial charge in [0.1, 0.15) is 54.1 Å².